The predicted molar refractivity (Wildman–Crippen MR) is 89.6 cm³/mol. The number of hydrogen-bond donors (Lipinski definition) is 2. The molecule has 0 aliphatic rings. The zero-order chi connectivity index (χ0) is 16.7. The number of aromatic carboxylic acids is 1. The Morgan fingerprint density at radius 1 is 1.09 bits per heavy atom. The maximum absolute atomic E-state index is 10.9. The summed E-state index contributed by atoms with van der Waals surface area (Å²) in [7, 11) is 0. The van der Waals surface area contributed by atoms with Crippen LogP contribution in [0.15, 0.2) is 52.7 Å². The number of hydrogen-bond acceptors (Lipinski definition) is 5. The number of carbonyl (C=O) groups is 1. The first kappa shape index (κ1) is 17.0. The summed E-state index contributed by atoms with van der Waals surface area (Å²) in [4.78, 5) is 10.9. The van der Waals surface area contributed by atoms with Gasteiger partial charge in [-0.05, 0) is 48.9 Å². The van der Waals surface area contributed by atoms with Crippen LogP contribution in [0.1, 0.15) is 16.8 Å². The molecule has 0 aliphatic carbocycles. The lowest BCUT2D eigenvalue weighted by atomic mass is 10.2. The summed E-state index contributed by atoms with van der Waals surface area (Å²) < 4.78 is 5.52. The fourth-order valence-corrected chi connectivity index (χ4v) is 1.96. The van der Waals surface area contributed by atoms with E-state index in [4.69, 9.17) is 9.84 Å². The maximum Gasteiger partial charge on any atom is 0.339 e. The van der Waals surface area contributed by atoms with E-state index in [0.29, 0.717) is 18.0 Å². The van der Waals surface area contributed by atoms with Crippen molar-refractivity contribution in [3.8, 4) is 11.5 Å². The van der Waals surface area contributed by atoms with E-state index in [1.165, 1.54) is 18.2 Å². The van der Waals surface area contributed by atoms with Crippen LogP contribution in [0.4, 0.5) is 11.4 Å². The van der Waals surface area contributed by atoms with Crippen molar-refractivity contribution in [3.63, 3.8) is 0 Å². The zero-order valence-corrected chi connectivity index (χ0v) is 13.7. The largest absolute Gasteiger partial charge is 0.507 e. The number of aromatic hydroxyl groups is 1. The normalized spacial score (nSPS) is 10.8. The van der Waals surface area contributed by atoms with Crippen molar-refractivity contribution in [1.82, 2.24) is 0 Å². The Labute approximate surface area is 141 Å². The molecule has 0 amide bonds. The van der Waals surface area contributed by atoms with Crippen LogP contribution in [0.5, 0.6) is 11.5 Å². The number of azo groups is 1. The molecule has 0 atom stereocenters. The third-order valence-corrected chi connectivity index (χ3v) is 3.44. The van der Waals surface area contributed by atoms with Gasteiger partial charge in [0.05, 0.1) is 18.0 Å². The van der Waals surface area contributed by atoms with Gasteiger partial charge in [0.25, 0.3) is 0 Å². The van der Waals surface area contributed by atoms with E-state index in [1.54, 1.807) is 24.3 Å². The van der Waals surface area contributed by atoms with Gasteiger partial charge in [-0.1, -0.05) is 15.9 Å². The maximum atomic E-state index is 10.9. The van der Waals surface area contributed by atoms with Crippen LogP contribution in [0, 0.1) is 0 Å². The highest BCUT2D eigenvalue weighted by atomic mass is 79.9. The van der Waals surface area contributed by atoms with Crippen LogP contribution in [-0.4, -0.2) is 28.1 Å². The molecule has 120 valence electrons. The van der Waals surface area contributed by atoms with Crippen LogP contribution < -0.4 is 4.74 Å². The first-order valence-electron chi connectivity index (χ1n) is 6.87. The highest BCUT2D eigenvalue weighted by Gasteiger charge is 2.09. The molecule has 2 rings (SSSR count). The van der Waals surface area contributed by atoms with Gasteiger partial charge in [0.2, 0.25) is 0 Å². The highest BCUT2D eigenvalue weighted by Crippen LogP contribution is 2.25. The summed E-state index contributed by atoms with van der Waals surface area (Å²) >= 11 is 3.34. The van der Waals surface area contributed by atoms with Gasteiger partial charge in [0.1, 0.15) is 17.1 Å². The van der Waals surface area contributed by atoms with E-state index in [9.17, 15) is 9.90 Å². The van der Waals surface area contributed by atoms with E-state index in [-0.39, 0.29) is 11.3 Å². The standard InChI is InChI=1S/C16H15BrN2O4/c17-8-1-9-23-13-5-2-11(3-6-13)18-19-12-4-7-15(20)14(10-12)16(21)22/h2-7,10,20H,1,8-9H2,(H,21,22). The number of phenols is 1. The highest BCUT2D eigenvalue weighted by molar-refractivity contribution is 9.09. The first-order valence-corrected chi connectivity index (χ1v) is 7.99. The Morgan fingerprint density at radius 3 is 2.39 bits per heavy atom. The van der Waals surface area contributed by atoms with Crippen LogP contribution in [-0.2, 0) is 0 Å². The minimum absolute atomic E-state index is 0.211. The lowest BCUT2D eigenvalue weighted by Gasteiger charge is -2.04. The lowest BCUT2D eigenvalue weighted by molar-refractivity contribution is 0.0694. The van der Waals surface area contributed by atoms with Crippen molar-refractivity contribution in [3.05, 3.63) is 48.0 Å². The number of nitrogens with zero attached hydrogens (tertiary/aromatic N) is 2. The third-order valence-electron chi connectivity index (χ3n) is 2.87. The van der Waals surface area contributed by atoms with Crippen molar-refractivity contribution in [1.29, 1.82) is 0 Å². The number of carboxylic acid groups (broad SMARTS) is 1. The quantitative estimate of drug-likeness (QED) is 0.416. The molecule has 0 aromatic heterocycles. The second-order valence-corrected chi connectivity index (χ2v) is 5.38. The Bertz CT molecular complexity index is 702. The second-order valence-electron chi connectivity index (χ2n) is 4.59. The number of ether oxygens (including phenoxy) is 1. The molecule has 0 saturated heterocycles. The van der Waals surface area contributed by atoms with Crippen molar-refractivity contribution in [2.24, 2.45) is 10.2 Å². The third kappa shape index (κ3) is 5.07. The van der Waals surface area contributed by atoms with Gasteiger partial charge in [0, 0.05) is 5.33 Å². The van der Waals surface area contributed by atoms with Crippen molar-refractivity contribution >= 4 is 33.3 Å². The number of rotatable bonds is 7. The van der Waals surface area contributed by atoms with Gasteiger partial charge >= 0.3 is 5.97 Å². The molecule has 2 aromatic rings. The molecule has 7 heteroatoms. The molecule has 6 nitrogen and oxygen atoms in total. The molecule has 0 spiro atoms. The minimum Gasteiger partial charge on any atom is -0.507 e. The Kier molecular flexibility index (Phi) is 6.10. The second kappa shape index (κ2) is 8.28. The molecular formula is C16H15BrN2O4. The monoisotopic (exact) mass is 378 g/mol. The van der Waals surface area contributed by atoms with Crippen molar-refractivity contribution in [2.45, 2.75) is 6.42 Å². The van der Waals surface area contributed by atoms with Gasteiger partial charge in [-0.25, -0.2) is 4.79 Å². The van der Waals surface area contributed by atoms with E-state index in [2.05, 4.69) is 26.2 Å². The molecule has 0 unspecified atom stereocenters. The first-order chi connectivity index (χ1) is 11.1. The smallest absolute Gasteiger partial charge is 0.339 e. The van der Waals surface area contributed by atoms with Crippen LogP contribution in [0.3, 0.4) is 0 Å². The summed E-state index contributed by atoms with van der Waals surface area (Å²) in [5, 5.41) is 27.3. The molecule has 0 aliphatic heterocycles. The number of benzene rings is 2. The average Bonchev–Trinajstić information content (AvgIpc) is 2.55. The van der Waals surface area contributed by atoms with Crippen molar-refractivity contribution < 1.29 is 19.7 Å². The minimum atomic E-state index is -1.22. The molecule has 0 heterocycles. The Hall–Kier alpha value is -2.41. The number of halogens is 1. The van der Waals surface area contributed by atoms with Gasteiger partial charge < -0.3 is 14.9 Å². The van der Waals surface area contributed by atoms with Gasteiger partial charge in [-0.15, -0.1) is 0 Å². The molecule has 23 heavy (non-hydrogen) atoms. The van der Waals surface area contributed by atoms with Gasteiger partial charge in [-0.2, -0.15) is 10.2 Å². The number of carboxylic acids is 1. The van der Waals surface area contributed by atoms with E-state index in [0.717, 1.165) is 17.5 Å². The van der Waals surface area contributed by atoms with Crippen LogP contribution in [0.25, 0.3) is 0 Å². The molecular weight excluding hydrogens is 364 g/mol. The van der Waals surface area contributed by atoms with Gasteiger partial charge in [0.15, 0.2) is 0 Å². The summed E-state index contributed by atoms with van der Waals surface area (Å²) in [5.74, 6) is -0.770. The molecule has 2 aromatic carbocycles. The lowest BCUT2D eigenvalue weighted by Crippen LogP contribution is -1.96. The molecule has 2 N–H and O–H groups in total. The molecule has 0 bridgehead atoms. The summed E-state index contributed by atoms with van der Waals surface area (Å²) in [6.45, 7) is 0.636. The fourth-order valence-electron chi connectivity index (χ4n) is 1.73. The SMILES string of the molecule is O=C(O)c1cc(N=Nc2ccc(OCCCBr)cc2)ccc1O. The molecule has 0 radical (unpaired) electrons. The predicted octanol–water partition coefficient (Wildman–Crippen LogP) is 4.67. The van der Waals surface area contributed by atoms with E-state index < -0.39 is 5.97 Å². The van der Waals surface area contributed by atoms with E-state index in [1.807, 2.05) is 0 Å². The topological polar surface area (TPSA) is 91.5 Å². The summed E-state index contributed by atoms with van der Waals surface area (Å²) in [6.07, 6.45) is 0.925. The zero-order valence-electron chi connectivity index (χ0n) is 12.1. The van der Waals surface area contributed by atoms with Crippen LogP contribution in [0.2, 0.25) is 0 Å². The average molecular weight is 379 g/mol. The van der Waals surface area contributed by atoms with Crippen molar-refractivity contribution in [2.75, 3.05) is 11.9 Å². The number of alkyl halides is 1. The fraction of sp³-hybridized carbons (Fsp3) is 0.188. The Balaban J connectivity index is 2.05. The summed E-state index contributed by atoms with van der Waals surface area (Å²) in [5.41, 5.74) is 0.748. The van der Waals surface area contributed by atoms with Crippen LogP contribution >= 0.6 is 15.9 Å². The van der Waals surface area contributed by atoms with Gasteiger partial charge in [-0.3, -0.25) is 0 Å². The van der Waals surface area contributed by atoms with E-state index >= 15 is 0 Å². The Morgan fingerprint density at radius 2 is 1.74 bits per heavy atom. The molecule has 0 saturated carbocycles. The summed E-state index contributed by atoms with van der Waals surface area (Å²) in [6, 6.07) is 11.1. The molecule has 0 fully saturated rings.